The van der Waals surface area contributed by atoms with Crippen molar-refractivity contribution in [3.63, 3.8) is 0 Å². The van der Waals surface area contributed by atoms with Gasteiger partial charge in [-0.05, 0) is 76.7 Å². The first-order valence-corrected chi connectivity index (χ1v) is 8.19. The van der Waals surface area contributed by atoms with E-state index in [9.17, 15) is 0 Å². The quantitative estimate of drug-likeness (QED) is 0.806. The molecule has 1 aromatic carbocycles. The van der Waals surface area contributed by atoms with E-state index in [1.807, 2.05) is 6.07 Å². The maximum absolute atomic E-state index is 3.60. The lowest BCUT2D eigenvalue weighted by Gasteiger charge is -2.27. The molecule has 0 aliphatic carbocycles. The van der Waals surface area contributed by atoms with Crippen molar-refractivity contribution >= 4 is 37.5 Å². The van der Waals surface area contributed by atoms with Crippen molar-refractivity contribution in [3.05, 3.63) is 27.1 Å². The minimum Gasteiger partial charge on any atom is -0.381 e. The third-order valence-electron chi connectivity index (χ3n) is 3.40. The number of piperidine rings is 1. The molecule has 0 bridgehead atoms. The summed E-state index contributed by atoms with van der Waals surface area (Å²) in [5.74, 6) is 0. The van der Waals surface area contributed by atoms with Crippen LogP contribution in [0.4, 0.5) is 5.69 Å². The van der Waals surface area contributed by atoms with E-state index in [0.29, 0.717) is 12.1 Å². The molecule has 1 aromatic rings. The molecule has 2 unspecified atom stereocenters. The van der Waals surface area contributed by atoms with Crippen LogP contribution in [0.5, 0.6) is 0 Å². The van der Waals surface area contributed by atoms with E-state index in [-0.39, 0.29) is 0 Å². The number of nitrogens with one attached hydrogen (secondary N) is 2. The highest BCUT2D eigenvalue weighted by molar-refractivity contribution is 9.11. The Morgan fingerprint density at radius 3 is 2.67 bits per heavy atom. The Morgan fingerprint density at radius 1 is 1.33 bits per heavy atom. The molecule has 0 spiro atoms. The van der Waals surface area contributed by atoms with Crippen LogP contribution in [-0.4, -0.2) is 18.6 Å². The molecule has 0 aromatic heterocycles. The molecule has 1 aliphatic rings. The minimum absolute atomic E-state index is 0.468. The SMILES string of the molecule is CC(CC1CCCCN1)Nc1c(Br)cccc1Br. The molecule has 0 saturated carbocycles. The van der Waals surface area contributed by atoms with Crippen molar-refractivity contribution in [1.82, 2.24) is 5.32 Å². The van der Waals surface area contributed by atoms with Crippen molar-refractivity contribution in [2.45, 2.75) is 44.7 Å². The highest BCUT2D eigenvalue weighted by atomic mass is 79.9. The zero-order chi connectivity index (χ0) is 13.0. The molecule has 1 aliphatic heterocycles. The third kappa shape index (κ3) is 3.97. The van der Waals surface area contributed by atoms with Gasteiger partial charge in [0.05, 0.1) is 5.69 Å². The van der Waals surface area contributed by atoms with E-state index >= 15 is 0 Å². The Hall–Kier alpha value is -0.0600. The van der Waals surface area contributed by atoms with Crippen LogP contribution >= 0.6 is 31.9 Å². The summed E-state index contributed by atoms with van der Waals surface area (Å²) >= 11 is 7.19. The first kappa shape index (κ1) is 14.4. The van der Waals surface area contributed by atoms with Crippen molar-refractivity contribution in [1.29, 1.82) is 0 Å². The predicted octanol–water partition coefficient (Wildman–Crippen LogP) is 4.54. The van der Waals surface area contributed by atoms with Gasteiger partial charge in [-0.25, -0.2) is 0 Å². The molecule has 2 nitrogen and oxygen atoms in total. The Bertz CT molecular complexity index is 369. The normalized spacial score (nSPS) is 21.6. The average Bonchev–Trinajstić information content (AvgIpc) is 2.35. The van der Waals surface area contributed by atoms with Crippen LogP contribution in [0.3, 0.4) is 0 Å². The summed E-state index contributed by atoms with van der Waals surface area (Å²) in [6, 6.07) is 7.31. The number of para-hydroxylation sites is 1. The highest BCUT2D eigenvalue weighted by Gasteiger charge is 2.16. The fraction of sp³-hybridized carbons (Fsp3) is 0.571. The van der Waals surface area contributed by atoms with Gasteiger partial charge in [-0.2, -0.15) is 0 Å². The third-order valence-corrected chi connectivity index (χ3v) is 4.73. The van der Waals surface area contributed by atoms with Crippen molar-refractivity contribution in [2.75, 3.05) is 11.9 Å². The second-order valence-electron chi connectivity index (χ2n) is 5.02. The summed E-state index contributed by atoms with van der Waals surface area (Å²) in [6.45, 7) is 3.43. The molecule has 2 rings (SSSR count). The maximum Gasteiger partial charge on any atom is 0.0631 e. The topological polar surface area (TPSA) is 24.1 Å². The number of anilines is 1. The maximum atomic E-state index is 3.60. The highest BCUT2D eigenvalue weighted by Crippen LogP contribution is 2.31. The van der Waals surface area contributed by atoms with Crippen molar-refractivity contribution < 1.29 is 0 Å². The number of hydrogen-bond donors (Lipinski definition) is 2. The number of rotatable bonds is 4. The lowest BCUT2D eigenvalue weighted by Crippen LogP contribution is -2.37. The van der Waals surface area contributed by atoms with E-state index in [1.54, 1.807) is 0 Å². The number of hydrogen-bond acceptors (Lipinski definition) is 2. The van der Waals surface area contributed by atoms with Crippen LogP contribution in [0.15, 0.2) is 27.1 Å². The van der Waals surface area contributed by atoms with Gasteiger partial charge in [0.15, 0.2) is 0 Å². The molecular formula is C14H20Br2N2. The monoisotopic (exact) mass is 374 g/mol. The summed E-state index contributed by atoms with van der Waals surface area (Å²) in [4.78, 5) is 0. The van der Waals surface area contributed by atoms with Gasteiger partial charge in [0.25, 0.3) is 0 Å². The van der Waals surface area contributed by atoms with Crippen molar-refractivity contribution in [3.8, 4) is 0 Å². The Balaban J connectivity index is 1.92. The Labute approximate surface area is 126 Å². The van der Waals surface area contributed by atoms with Gasteiger partial charge in [-0.3, -0.25) is 0 Å². The van der Waals surface area contributed by atoms with Crippen LogP contribution in [0.25, 0.3) is 0 Å². The Kier molecular flexibility index (Phi) is 5.52. The van der Waals surface area contributed by atoms with Crippen LogP contribution in [-0.2, 0) is 0 Å². The molecule has 1 fully saturated rings. The van der Waals surface area contributed by atoms with Gasteiger partial charge in [0, 0.05) is 21.0 Å². The summed E-state index contributed by atoms with van der Waals surface area (Å²) in [7, 11) is 0. The van der Waals surface area contributed by atoms with Crippen LogP contribution in [0.2, 0.25) is 0 Å². The molecule has 4 heteroatoms. The number of halogens is 2. The van der Waals surface area contributed by atoms with E-state index in [1.165, 1.54) is 32.2 Å². The largest absolute Gasteiger partial charge is 0.381 e. The molecule has 2 N–H and O–H groups in total. The smallest absolute Gasteiger partial charge is 0.0631 e. The zero-order valence-electron chi connectivity index (χ0n) is 10.7. The first-order chi connectivity index (χ1) is 8.66. The molecule has 1 heterocycles. The summed E-state index contributed by atoms with van der Waals surface area (Å²) in [5, 5.41) is 7.19. The first-order valence-electron chi connectivity index (χ1n) is 6.60. The molecule has 0 amide bonds. The van der Waals surface area contributed by atoms with E-state index in [2.05, 4.69) is 61.5 Å². The fourth-order valence-electron chi connectivity index (χ4n) is 2.49. The van der Waals surface area contributed by atoms with E-state index in [0.717, 1.165) is 14.6 Å². The van der Waals surface area contributed by atoms with Crippen molar-refractivity contribution in [2.24, 2.45) is 0 Å². The second-order valence-corrected chi connectivity index (χ2v) is 6.73. The van der Waals surface area contributed by atoms with Gasteiger partial charge in [-0.15, -0.1) is 0 Å². The Morgan fingerprint density at radius 2 is 2.06 bits per heavy atom. The lowest BCUT2D eigenvalue weighted by molar-refractivity contribution is 0.371. The van der Waals surface area contributed by atoms with Crippen LogP contribution in [0.1, 0.15) is 32.6 Å². The van der Waals surface area contributed by atoms with E-state index < -0.39 is 0 Å². The molecule has 0 radical (unpaired) electrons. The van der Waals surface area contributed by atoms with E-state index in [4.69, 9.17) is 0 Å². The second kappa shape index (κ2) is 6.92. The van der Waals surface area contributed by atoms with Crippen LogP contribution < -0.4 is 10.6 Å². The predicted molar refractivity (Wildman–Crippen MR) is 85.2 cm³/mol. The summed E-state index contributed by atoms with van der Waals surface area (Å²) < 4.78 is 2.22. The summed E-state index contributed by atoms with van der Waals surface area (Å²) in [6.07, 6.45) is 5.17. The molecule has 100 valence electrons. The molecule has 2 atom stereocenters. The zero-order valence-corrected chi connectivity index (χ0v) is 13.9. The van der Waals surface area contributed by atoms with Gasteiger partial charge in [0.1, 0.15) is 0 Å². The average molecular weight is 376 g/mol. The fourth-order valence-corrected chi connectivity index (χ4v) is 3.72. The minimum atomic E-state index is 0.468. The van der Waals surface area contributed by atoms with Gasteiger partial charge in [0.2, 0.25) is 0 Å². The molecule has 18 heavy (non-hydrogen) atoms. The van der Waals surface area contributed by atoms with Gasteiger partial charge < -0.3 is 10.6 Å². The summed E-state index contributed by atoms with van der Waals surface area (Å²) in [5.41, 5.74) is 1.15. The lowest BCUT2D eigenvalue weighted by atomic mass is 9.99. The van der Waals surface area contributed by atoms with Gasteiger partial charge in [-0.1, -0.05) is 12.5 Å². The van der Waals surface area contributed by atoms with Crippen LogP contribution in [0, 0.1) is 0 Å². The molecule has 1 saturated heterocycles. The van der Waals surface area contributed by atoms with Gasteiger partial charge >= 0.3 is 0 Å². The molecular weight excluding hydrogens is 356 g/mol. The standard InChI is InChI=1S/C14H20Br2N2/c1-10(9-11-5-2-3-8-17-11)18-14-12(15)6-4-7-13(14)16/h4,6-7,10-11,17-18H,2-3,5,8-9H2,1H3. The number of benzene rings is 1.